The molecule has 2 saturated heterocycles. The number of likely N-dealkylation sites (tertiary alicyclic amines) is 1. The number of hydrogen-bond acceptors (Lipinski definition) is 3. The number of carbonyl (C=O) groups is 1. The zero-order chi connectivity index (χ0) is 18.6. The van der Waals surface area contributed by atoms with E-state index in [1.807, 2.05) is 29.9 Å². The van der Waals surface area contributed by atoms with Gasteiger partial charge in [0, 0.05) is 39.0 Å². The van der Waals surface area contributed by atoms with Crippen LogP contribution in [0.4, 0.5) is 0 Å². The Morgan fingerprint density at radius 1 is 1.11 bits per heavy atom. The van der Waals surface area contributed by atoms with Crippen molar-refractivity contribution in [3.05, 3.63) is 24.0 Å². The molecule has 1 atom stereocenters. The van der Waals surface area contributed by atoms with Crippen LogP contribution < -0.4 is 0 Å². The molecule has 1 aliphatic carbocycles. The molecular weight excluding hydrogens is 338 g/mol. The van der Waals surface area contributed by atoms with Crippen molar-refractivity contribution in [1.29, 1.82) is 0 Å². The Morgan fingerprint density at radius 3 is 2.52 bits per heavy atom. The maximum Gasteiger partial charge on any atom is 0.270 e. The number of aryl methyl sites for hydroxylation is 1. The van der Waals surface area contributed by atoms with Gasteiger partial charge in [0.2, 0.25) is 0 Å². The van der Waals surface area contributed by atoms with E-state index in [1.54, 1.807) is 0 Å². The lowest BCUT2D eigenvalue weighted by atomic mass is 9.94. The van der Waals surface area contributed by atoms with Crippen molar-refractivity contribution < 1.29 is 9.53 Å². The zero-order valence-corrected chi connectivity index (χ0v) is 16.8. The normalized spacial score (nSPS) is 25.3. The molecule has 4 rings (SSSR count). The molecule has 1 saturated carbocycles. The number of nitrogens with zero attached hydrogens (tertiary/aromatic N) is 3. The molecule has 0 N–H and O–H groups in total. The van der Waals surface area contributed by atoms with Gasteiger partial charge in [0.25, 0.3) is 5.91 Å². The van der Waals surface area contributed by atoms with Crippen molar-refractivity contribution in [3.8, 4) is 0 Å². The zero-order valence-electron chi connectivity index (χ0n) is 16.8. The summed E-state index contributed by atoms with van der Waals surface area (Å²) in [4.78, 5) is 18.0. The first-order valence-corrected chi connectivity index (χ1v) is 11.0. The van der Waals surface area contributed by atoms with Crippen molar-refractivity contribution in [1.82, 2.24) is 14.4 Å². The lowest BCUT2D eigenvalue weighted by Crippen LogP contribution is -2.45. The van der Waals surface area contributed by atoms with Crippen molar-refractivity contribution in [2.45, 2.75) is 63.5 Å². The first-order valence-electron chi connectivity index (χ1n) is 11.0. The molecule has 1 aromatic heterocycles. The van der Waals surface area contributed by atoms with Crippen LogP contribution in [0.1, 0.15) is 61.9 Å². The fourth-order valence-corrected chi connectivity index (χ4v) is 5.20. The van der Waals surface area contributed by atoms with Crippen molar-refractivity contribution in [3.63, 3.8) is 0 Å². The van der Waals surface area contributed by atoms with Crippen LogP contribution in [0.3, 0.4) is 0 Å². The molecule has 0 spiro atoms. The van der Waals surface area contributed by atoms with Crippen LogP contribution in [-0.2, 0) is 11.8 Å². The molecule has 0 aromatic carbocycles. The van der Waals surface area contributed by atoms with E-state index in [0.29, 0.717) is 5.92 Å². The second kappa shape index (κ2) is 8.78. The highest BCUT2D eigenvalue weighted by molar-refractivity contribution is 5.92. The standard InChI is InChI=1S/C22H35N3O2/c1-23-12-4-9-21(23)22(26)25(17-20-8-5-15-27-20)16-18-10-13-24(14-11-18)19-6-2-3-7-19/h4,9,12,18-20H,2-3,5-8,10-11,13-17H2,1H3/t20-/m1/s1. The summed E-state index contributed by atoms with van der Waals surface area (Å²) in [6, 6.07) is 4.73. The quantitative estimate of drug-likeness (QED) is 0.768. The van der Waals surface area contributed by atoms with E-state index in [2.05, 4.69) is 9.80 Å². The third kappa shape index (κ3) is 4.57. The predicted octanol–water partition coefficient (Wildman–Crippen LogP) is 3.30. The molecule has 3 fully saturated rings. The Hall–Kier alpha value is -1.33. The Morgan fingerprint density at radius 2 is 1.89 bits per heavy atom. The summed E-state index contributed by atoms with van der Waals surface area (Å²) in [6.45, 7) is 4.88. The highest BCUT2D eigenvalue weighted by atomic mass is 16.5. The SMILES string of the molecule is Cn1cccc1C(=O)N(CC1CCN(C2CCCC2)CC1)C[C@H]1CCCO1. The summed E-state index contributed by atoms with van der Waals surface area (Å²) in [5.74, 6) is 0.782. The molecule has 0 unspecified atom stereocenters. The van der Waals surface area contributed by atoms with Gasteiger partial charge in [-0.1, -0.05) is 12.8 Å². The highest BCUT2D eigenvalue weighted by Crippen LogP contribution is 2.28. The lowest BCUT2D eigenvalue weighted by Gasteiger charge is -2.38. The molecule has 3 aliphatic rings. The van der Waals surface area contributed by atoms with Gasteiger partial charge in [-0.15, -0.1) is 0 Å². The minimum Gasteiger partial charge on any atom is -0.376 e. The van der Waals surface area contributed by atoms with Crippen LogP contribution in [-0.4, -0.2) is 65.2 Å². The van der Waals surface area contributed by atoms with Gasteiger partial charge in [0.1, 0.15) is 5.69 Å². The molecule has 1 amide bonds. The van der Waals surface area contributed by atoms with Crippen LogP contribution in [0, 0.1) is 5.92 Å². The van der Waals surface area contributed by atoms with Gasteiger partial charge in [-0.25, -0.2) is 0 Å². The van der Waals surface area contributed by atoms with Crippen LogP contribution in [0.2, 0.25) is 0 Å². The number of piperidine rings is 1. The van der Waals surface area contributed by atoms with Crippen molar-refractivity contribution in [2.75, 3.05) is 32.8 Å². The Kier molecular flexibility index (Phi) is 6.18. The number of aromatic nitrogens is 1. The van der Waals surface area contributed by atoms with Gasteiger partial charge in [-0.3, -0.25) is 4.79 Å². The number of amides is 1. The maximum absolute atomic E-state index is 13.2. The molecule has 3 heterocycles. The minimum atomic E-state index is 0.163. The van der Waals surface area contributed by atoms with E-state index >= 15 is 0 Å². The third-order valence-corrected chi connectivity index (χ3v) is 6.87. The molecule has 5 heteroatoms. The summed E-state index contributed by atoms with van der Waals surface area (Å²) < 4.78 is 7.78. The third-order valence-electron chi connectivity index (χ3n) is 6.87. The van der Waals surface area contributed by atoms with Gasteiger partial charge < -0.3 is 19.1 Å². The van der Waals surface area contributed by atoms with E-state index in [-0.39, 0.29) is 12.0 Å². The Balaban J connectivity index is 1.37. The van der Waals surface area contributed by atoms with Crippen LogP contribution in [0.5, 0.6) is 0 Å². The van der Waals surface area contributed by atoms with Gasteiger partial charge in [-0.05, 0) is 69.7 Å². The summed E-state index contributed by atoms with van der Waals surface area (Å²) >= 11 is 0. The van der Waals surface area contributed by atoms with E-state index < -0.39 is 0 Å². The molecular formula is C22H35N3O2. The molecule has 150 valence electrons. The topological polar surface area (TPSA) is 37.7 Å². The molecule has 1 aromatic rings. The molecule has 0 radical (unpaired) electrons. The van der Waals surface area contributed by atoms with Gasteiger partial charge in [0.15, 0.2) is 0 Å². The van der Waals surface area contributed by atoms with E-state index in [1.165, 1.54) is 51.6 Å². The summed E-state index contributed by atoms with van der Waals surface area (Å²) in [7, 11) is 1.96. The first kappa shape index (κ1) is 19.0. The Labute approximate surface area is 163 Å². The molecule has 0 bridgehead atoms. The Bertz CT molecular complexity index is 609. The van der Waals surface area contributed by atoms with E-state index in [0.717, 1.165) is 44.3 Å². The fourth-order valence-electron chi connectivity index (χ4n) is 5.20. The second-order valence-electron chi connectivity index (χ2n) is 8.77. The number of hydrogen-bond donors (Lipinski definition) is 0. The van der Waals surface area contributed by atoms with Gasteiger partial charge >= 0.3 is 0 Å². The smallest absolute Gasteiger partial charge is 0.270 e. The summed E-state index contributed by atoms with van der Waals surface area (Å²) in [5.41, 5.74) is 0.788. The van der Waals surface area contributed by atoms with Gasteiger partial charge in [0.05, 0.1) is 6.10 Å². The molecule has 27 heavy (non-hydrogen) atoms. The average Bonchev–Trinajstić information content (AvgIpc) is 3.44. The van der Waals surface area contributed by atoms with Crippen molar-refractivity contribution >= 4 is 5.91 Å². The van der Waals surface area contributed by atoms with Crippen LogP contribution >= 0.6 is 0 Å². The van der Waals surface area contributed by atoms with E-state index in [4.69, 9.17) is 4.74 Å². The number of rotatable bonds is 6. The van der Waals surface area contributed by atoms with Crippen LogP contribution in [0.25, 0.3) is 0 Å². The fraction of sp³-hybridized carbons (Fsp3) is 0.773. The average molecular weight is 374 g/mol. The molecule has 5 nitrogen and oxygen atoms in total. The number of carbonyl (C=O) groups excluding carboxylic acids is 1. The predicted molar refractivity (Wildman–Crippen MR) is 107 cm³/mol. The lowest BCUT2D eigenvalue weighted by molar-refractivity contribution is 0.0422. The largest absolute Gasteiger partial charge is 0.376 e. The summed E-state index contributed by atoms with van der Waals surface area (Å²) in [5, 5.41) is 0. The van der Waals surface area contributed by atoms with Crippen molar-refractivity contribution in [2.24, 2.45) is 13.0 Å². The number of ether oxygens (including phenoxy) is 1. The second-order valence-corrected chi connectivity index (χ2v) is 8.77. The van der Waals surface area contributed by atoms with Crippen LogP contribution in [0.15, 0.2) is 18.3 Å². The maximum atomic E-state index is 13.2. The molecule has 2 aliphatic heterocycles. The van der Waals surface area contributed by atoms with E-state index in [9.17, 15) is 4.79 Å². The monoisotopic (exact) mass is 373 g/mol. The first-order chi connectivity index (χ1) is 13.2. The van der Waals surface area contributed by atoms with Gasteiger partial charge in [-0.2, -0.15) is 0 Å². The minimum absolute atomic E-state index is 0.163. The highest BCUT2D eigenvalue weighted by Gasteiger charge is 2.31. The summed E-state index contributed by atoms with van der Waals surface area (Å²) in [6.07, 6.45) is 12.4.